The van der Waals surface area contributed by atoms with Crippen molar-refractivity contribution in [1.29, 1.82) is 0 Å². The minimum absolute atomic E-state index is 0.0401. The van der Waals surface area contributed by atoms with E-state index in [0.29, 0.717) is 29.6 Å². The van der Waals surface area contributed by atoms with Crippen molar-refractivity contribution in [1.82, 2.24) is 15.0 Å². The minimum Gasteiger partial charge on any atom is -0.396 e. The summed E-state index contributed by atoms with van der Waals surface area (Å²) in [5.41, 5.74) is 1.60. The first-order valence-electron chi connectivity index (χ1n) is 6.67. The van der Waals surface area contributed by atoms with Crippen LogP contribution >= 0.6 is 11.6 Å². The predicted molar refractivity (Wildman–Crippen MR) is 83.6 cm³/mol. The Morgan fingerprint density at radius 2 is 2.14 bits per heavy atom. The molecule has 21 heavy (non-hydrogen) atoms. The number of rotatable bonds is 7. The Morgan fingerprint density at radius 3 is 2.81 bits per heavy atom. The molecule has 2 aromatic rings. The average molecular weight is 308 g/mol. The van der Waals surface area contributed by atoms with Gasteiger partial charge in [0.05, 0.1) is 0 Å². The third-order valence-corrected chi connectivity index (χ3v) is 3.38. The van der Waals surface area contributed by atoms with Crippen molar-refractivity contribution < 1.29 is 5.11 Å². The standard InChI is InChI=1S/C14H18ClN5O/c1-16-12-13(15)19-9-20-14(12)18-7-10(8-21)6-11-4-2-3-5-17-11/h2-5,9-10,16,21H,6-8H2,1H3,(H,18,19,20). The lowest BCUT2D eigenvalue weighted by Gasteiger charge is -2.17. The molecule has 112 valence electrons. The molecule has 1 atom stereocenters. The zero-order valence-electron chi connectivity index (χ0n) is 11.8. The van der Waals surface area contributed by atoms with Crippen molar-refractivity contribution in [2.75, 3.05) is 30.8 Å². The Bertz CT molecular complexity index is 567. The highest BCUT2D eigenvalue weighted by molar-refractivity contribution is 6.32. The van der Waals surface area contributed by atoms with E-state index in [1.165, 1.54) is 6.33 Å². The molecule has 2 heterocycles. The highest BCUT2D eigenvalue weighted by Gasteiger charge is 2.12. The van der Waals surface area contributed by atoms with Gasteiger partial charge < -0.3 is 15.7 Å². The Labute approximate surface area is 128 Å². The SMILES string of the molecule is CNc1c(Cl)ncnc1NCC(CO)Cc1ccccn1. The summed E-state index contributed by atoms with van der Waals surface area (Å²) in [6, 6.07) is 5.76. The van der Waals surface area contributed by atoms with E-state index in [1.54, 1.807) is 13.2 Å². The summed E-state index contributed by atoms with van der Waals surface area (Å²) in [6.45, 7) is 0.631. The summed E-state index contributed by atoms with van der Waals surface area (Å²) >= 11 is 6.00. The number of nitrogens with zero attached hydrogens (tertiary/aromatic N) is 3. The summed E-state index contributed by atoms with van der Waals surface area (Å²) < 4.78 is 0. The third-order valence-electron chi connectivity index (χ3n) is 3.09. The fourth-order valence-corrected chi connectivity index (χ4v) is 2.20. The van der Waals surface area contributed by atoms with Crippen LogP contribution in [0.1, 0.15) is 5.69 Å². The molecule has 0 saturated heterocycles. The van der Waals surface area contributed by atoms with Crippen molar-refractivity contribution in [2.24, 2.45) is 5.92 Å². The number of hydrogen-bond acceptors (Lipinski definition) is 6. The molecule has 0 spiro atoms. The van der Waals surface area contributed by atoms with E-state index in [4.69, 9.17) is 11.6 Å². The smallest absolute Gasteiger partial charge is 0.157 e. The molecule has 2 rings (SSSR count). The Kier molecular flexibility index (Phi) is 5.71. The van der Waals surface area contributed by atoms with Gasteiger partial charge in [-0.05, 0) is 18.6 Å². The molecule has 0 saturated carbocycles. The summed E-state index contributed by atoms with van der Waals surface area (Å²) in [6.07, 6.45) is 3.84. The first-order valence-corrected chi connectivity index (χ1v) is 7.05. The molecular formula is C14H18ClN5O. The number of nitrogens with one attached hydrogen (secondary N) is 2. The van der Waals surface area contributed by atoms with E-state index in [9.17, 15) is 5.11 Å². The van der Waals surface area contributed by atoms with Gasteiger partial charge >= 0.3 is 0 Å². The molecule has 0 aromatic carbocycles. The first-order chi connectivity index (χ1) is 10.2. The molecule has 0 aliphatic carbocycles. The van der Waals surface area contributed by atoms with Gasteiger partial charge in [0, 0.05) is 38.0 Å². The van der Waals surface area contributed by atoms with Crippen LogP contribution < -0.4 is 10.6 Å². The molecule has 7 heteroatoms. The zero-order valence-corrected chi connectivity index (χ0v) is 12.5. The van der Waals surface area contributed by atoms with E-state index < -0.39 is 0 Å². The normalized spacial score (nSPS) is 12.0. The maximum atomic E-state index is 9.50. The van der Waals surface area contributed by atoms with Gasteiger partial charge in [0.15, 0.2) is 11.0 Å². The number of pyridine rings is 1. The van der Waals surface area contributed by atoms with Crippen LogP contribution in [0.25, 0.3) is 0 Å². The number of aromatic nitrogens is 3. The number of aliphatic hydroxyl groups excluding tert-OH is 1. The highest BCUT2D eigenvalue weighted by atomic mass is 35.5. The summed E-state index contributed by atoms with van der Waals surface area (Å²) in [5, 5.41) is 16.0. The van der Waals surface area contributed by atoms with Crippen LogP contribution in [-0.2, 0) is 6.42 Å². The molecule has 6 nitrogen and oxygen atoms in total. The monoisotopic (exact) mass is 307 g/mol. The predicted octanol–water partition coefficient (Wildman–Crippen LogP) is 1.83. The maximum absolute atomic E-state index is 9.50. The summed E-state index contributed by atoms with van der Waals surface area (Å²) in [7, 11) is 1.76. The first kappa shape index (κ1) is 15.5. The van der Waals surface area contributed by atoms with Gasteiger partial charge in [0.25, 0.3) is 0 Å². The maximum Gasteiger partial charge on any atom is 0.157 e. The number of aliphatic hydroxyl groups is 1. The number of halogens is 1. The van der Waals surface area contributed by atoms with Gasteiger partial charge in [0.1, 0.15) is 12.0 Å². The molecule has 0 bridgehead atoms. The van der Waals surface area contributed by atoms with E-state index >= 15 is 0 Å². The molecule has 2 aromatic heterocycles. The lowest BCUT2D eigenvalue weighted by Crippen LogP contribution is -2.21. The number of anilines is 2. The molecule has 0 fully saturated rings. The lowest BCUT2D eigenvalue weighted by atomic mass is 10.0. The van der Waals surface area contributed by atoms with Crippen LogP contribution in [0.3, 0.4) is 0 Å². The molecule has 1 unspecified atom stereocenters. The minimum atomic E-state index is 0.0401. The molecule has 3 N–H and O–H groups in total. The molecule has 0 aliphatic rings. The summed E-state index contributed by atoms with van der Waals surface area (Å²) in [5.74, 6) is 0.662. The van der Waals surface area contributed by atoms with Crippen molar-refractivity contribution in [2.45, 2.75) is 6.42 Å². The second kappa shape index (κ2) is 7.75. The van der Waals surface area contributed by atoms with E-state index in [-0.39, 0.29) is 12.5 Å². The van der Waals surface area contributed by atoms with Crippen LogP contribution in [0.5, 0.6) is 0 Å². The van der Waals surface area contributed by atoms with Crippen LogP contribution in [0.4, 0.5) is 11.5 Å². The van der Waals surface area contributed by atoms with E-state index in [1.807, 2.05) is 18.2 Å². The van der Waals surface area contributed by atoms with Crippen LogP contribution in [0, 0.1) is 5.92 Å². The van der Waals surface area contributed by atoms with Crippen LogP contribution in [0.15, 0.2) is 30.7 Å². The topological polar surface area (TPSA) is 83.0 Å². The van der Waals surface area contributed by atoms with Crippen LogP contribution in [0.2, 0.25) is 5.15 Å². The summed E-state index contributed by atoms with van der Waals surface area (Å²) in [4.78, 5) is 12.3. The molecule has 0 amide bonds. The van der Waals surface area contributed by atoms with Gasteiger partial charge in [-0.1, -0.05) is 17.7 Å². The largest absolute Gasteiger partial charge is 0.396 e. The zero-order chi connectivity index (χ0) is 15.1. The van der Waals surface area contributed by atoms with Gasteiger partial charge in [-0.15, -0.1) is 0 Å². The Morgan fingerprint density at radius 1 is 1.29 bits per heavy atom. The van der Waals surface area contributed by atoms with Crippen LogP contribution in [-0.4, -0.2) is 40.3 Å². The van der Waals surface area contributed by atoms with Crippen molar-refractivity contribution in [3.05, 3.63) is 41.6 Å². The van der Waals surface area contributed by atoms with Crippen molar-refractivity contribution >= 4 is 23.1 Å². The highest BCUT2D eigenvalue weighted by Crippen LogP contribution is 2.25. The fourth-order valence-electron chi connectivity index (χ4n) is 1.98. The second-order valence-electron chi connectivity index (χ2n) is 4.59. The van der Waals surface area contributed by atoms with E-state index in [2.05, 4.69) is 25.6 Å². The van der Waals surface area contributed by atoms with Crippen molar-refractivity contribution in [3.63, 3.8) is 0 Å². The molecular weight excluding hydrogens is 290 g/mol. The van der Waals surface area contributed by atoms with Crippen molar-refractivity contribution in [3.8, 4) is 0 Å². The molecule has 0 aliphatic heterocycles. The van der Waals surface area contributed by atoms with Gasteiger partial charge in [-0.3, -0.25) is 4.98 Å². The average Bonchev–Trinajstić information content (AvgIpc) is 2.52. The third kappa shape index (κ3) is 4.27. The quantitative estimate of drug-likeness (QED) is 0.677. The Balaban J connectivity index is 1.99. The lowest BCUT2D eigenvalue weighted by molar-refractivity contribution is 0.232. The van der Waals surface area contributed by atoms with E-state index in [0.717, 1.165) is 5.69 Å². The number of hydrogen-bond donors (Lipinski definition) is 3. The second-order valence-corrected chi connectivity index (χ2v) is 4.95. The fraction of sp³-hybridized carbons (Fsp3) is 0.357. The van der Waals surface area contributed by atoms with Gasteiger partial charge in [0.2, 0.25) is 0 Å². The Hall–Kier alpha value is -1.92. The van der Waals surface area contributed by atoms with Gasteiger partial charge in [-0.25, -0.2) is 9.97 Å². The van der Waals surface area contributed by atoms with Gasteiger partial charge in [-0.2, -0.15) is 0 Å². The molecule has 0 radical (unpaired) electrons.